The summed E-state index contributed by atoms with van der Waals surface area (Å²) < 4.78 is 0. The van der Waals surface area contributed by atoms with Gasteiger partial charge in [0, 0.05) is 12.3 Å². The Bertz CT molecular complexity index is 389. The number of amides is 2. The summed E-state index contributed by atoms with van der Waals surface area (Å²) in [5.41, 5.74) is 3.25. The summed E-state index contributed by atoms with van der Waals surface area (Å²) in [5, 5.41) is 1.32. The lowest BCUT2D eigenvalue weighted by Gasteiger charge is -2.30. The van der Waals surface area contributed by atoms with E-state index in [1.807, 2.05) is 18.2 Å². The highest BCUT2D eigenvalue weighted by Gasteiger charge is 2.30. The van der Waals surface area contributed by atoms with Crippen LogP contribution in [-0.2, 0) is 9.59 Å². The number of nitrogens with one attached hydrogen (secondary N) is 1. The molecule has 4 heteroatoms. The number of hydrogen-bond acceptors (Lipinski definition) is 2. The number of para-hydroxylation sites is 1. The molecule has 1 aliphatic rings. The smallest absolute Gasteiger partial charge is 0.249 e. The Morgan fingerprint density at radius 3 is 2.60 bits per heavy atom. The van der Waals surface area contributed by atoms with Crippen LogP contribution in [0.25, 0.3) is 0 Å². The molecule has 2 rings (SSSR count). The van der Waals surface area contributed by atoms with Crippen LogP contribution in [0.15, 0.2) is 30.3 Å². The molecule has 1 atom stereocenters. The summed E-state index contributed by atoms with van der Waals surface area (Å²) in [6, 6.07) is 9.09. The molecule has 2 amide bonds. The third-order valence-electron chi connectivity index (χ3n) is 2.38. The van der Waals surface area contributed by atoms with Crippen molar-refractivity contribution in [3.63, 3.8) is 0 Å². The lowest BCUT2D eigenvalue weighted by Crippen LogP contribution is -2.54. The van der Waals surface area contributed by atoms with Gasteiger partial charge in [0.25, 0.3) is 0 Å². The molecule has 1 aromatic carbocycles. The zero-order valence-electron chi connectivity index (χ0n) is 8.43. The standard InChI is InChI=1S/C11H12N2O2/c1-8-7-10(14)12-13(11(8)15)9-5-3-2-4-6-9/h2-6,8H,7H2,1H3,(H,12,14). The normalized spacial score (nSPS) is 21.4. The van der Waals surface area contributed by atoms with E-state index in [-0.39, 0.29) is 24.2 Å². The van der Waals surface area contributed by atoms with Gasteiger partial charge < -0.3 is 0 Å². The lowest BCUT2D eigenvalue weighted by atomic mass is 10.0. The average molecular weight is 204 g/mol. The van der Waals surface area contributed by atoms with Crippen molar-refractivity contribution >= 4 is 17.5 Å². The van der Waals surface area contributed by atoms with Gasteiger partial charge >= 0.3 is 0 Å². The van der Waals surface area contributed by atoms with Crippen molar-refractivity contribution in [1.29, 1.82) is 0 Å². The van der Waals surface area contributed by atoms with Crippen LogP contribution in [0.4, 0.5) is 5.69 Å². The van der Waals surface area contributed by atoms with Crippen LogP contribution in [0.3, 0.4) is 0 Å². The Balaban J connectivity index is 2.28. The summed E-state index contributed by atoms with van der Waals surface area (Å²) in [5.74, 6) is -0.439. The van der Waals surface area contributed by atoms with E-state index in [4.69, 9.17) is 0 Å². The van der Waals surface area contributed by atoms with Crippen LogP contribution < -0.4 is 10.4 Å². The van der Waals surface area contributed by atoms with Crippen molar-refractivity contribution in [3.8, 4) is 0 Å². The highest BCUT2D eigenvalue weighted by Crippen LogP contribution is 2.19. The maximum absolute atomic E-state index is 11.8. The van der Waals surface area contributed by atoms with Crippen LogP contribution >= 0.6 is 0 Å². The van der Waals surface area contributed by atoms with Gasteiger partial charge in [-0.3, -0.25) is 15.0 Å². The molecule has 0 aliphatic carbocycles. The minimum absolute atomic E-state index is 0.0687. The fourth-order valence-corrected chi connectivity index (χ4v) is 1.58. The number of hydrazine groups is 1. The summed E-state index contributed by atoms with van der Waals surface area (Å²) in [4.78, 5) is 23.1. The molecule has 1 N–H and O–H groups in total. The third kappa shape index (κ3) is 1.83. The minimum Gasteiger partial charge on any atom is -0.273 e. The predicted molar refractivity (Wildman–Crippen MR) is 55.9 cm³/mol. The molecule has 1 unspecified atom stereocenters. The first kappa shape index (κ1) is 9.71. The Kier molecular flexibility index (Phi) is 2.41. The Hall–Kier alpha value is -1.84. The molecule has 15 heavy (non-hydrogen) atoms. The van der Waals surface area contributed by atoms with Crippen LogP contribution in [-0.4, -0.2) is 11.8 Å². The van der Waals surface area contributed by atoms with E-state index < -0.39 is 0 Å². The first-order valence-electron chi connectivity index (χ1n) is 4.87. The second-order valence-corrected chi connectivity index (χ2v) is 3.65. The topological polar surface area (TPSA) is 49.4 Å². The van der Waals surface area contributed by atoms with E-state index >= 15 is 0 Å². The maximum Gasteiger partial charge on any atom is 0.249 e. The summed E-state index contributed by atoms with van der Waals surface area (Å²) >= 11 is 0. The molecule has 0 radical (unpaired) electrons. The molecule has 1 aliphatic heterocycles. The van der Waals surface area contributed by atoms with Crippen molar-refractivity contribution in [2.24, 2.45) is 5.92 Å². The Morgan fingerprint density at radius 2 is 1.93 bits per heavy atom. The third-order valence-corrected chi connectivity index (χ3v) is 2.38. The van der Waals surface area contributed by atoms with E-state index in [1.165, 1.54) is 5.01 Å². The highest BCUT2D eigenvalue weighted by molar-refractivity contribution is 6.02. The molecule has 78 valence electrons. The van der Waals surface area contributed by atoms with Gasteiger partial charge in [0.2, 0.25) is 11.8 Å². The highest BCUT2D eigenvalue weighted by atomic mass is 16.2. The number of rotatable bonds is 1. The molecule has 1 aromatic rings. The molecular formula is C11H12N2O2. The monoisotopic (exact) mass is 204 g/mol. The summed E-state index contributed by atoms with van der Waals surface area (Å²) in [6.45, 7) is 1.76. The first-order valence-corrected chi connectivity index (χ1v) is 4.87. The Morgan fingerprint density at radius 1 is 1.27 bits per heavy atom. The van der Waals surface area contributed by atoms with Crippen molar-refractivity contribution < 1.29 is 9.59 Å². The molecule has 0 aromatic heterocycles. The molecule has 0 bridgehead atoms. The molecule has 0 spiro atoms. The van der Waals surface area contributed by atoms with Crippen molar-refractivity contribution in [1.82, 2.24) is 5.43 Å². The SMILES string of the molecule is CC1CC(=O)NN(c2ccccc2)C1=O. The van der Waals surface area contributed by atoms with E-state index in [1.54, 1.807) is 19.1 Å². The number of hydrogen-bond donors (Lipinski definition) is 1. The molecule has 1 fully saturated rings. The van der Waals surface area contributed by atoms with Gasteiger partial charge in [-0.2, -0.15) is 0 Å². The van der Waals surface area contributed by atoms with Gasteiger partial charge in [-0.15, -0.1) is 0 Å². The van der Waals surface area contributed by atoms with E-state index in [9.17, 15) is 9.59 Å². The van der Waals surface area contributed by atoms with E-state index in [0.29, 0.717) is 5.69 Å². The predicted octanol–water partition coefficient (Wildman–Crippen LogP) is 1.09. The van der Waals surface area contributed by atoms with Gasteiger partial charge in [-0.1, -0.05) is 25.1 Å². The van der Waals surface area contributed by atoms with Gasteiger partial charge in [0.15, 0.2) is 0 Å². The van der Waals surface area contributed by atoms with E-state index in [2.05, 4.69) is 5.43 Å². The quantitative estimate of drug-likeness (QED) is 0.744. The maximum atomic E-state index is 11.8. The molecule has 1 saturated heterocycles. The van der Waals surface area contributed by atoms with Crippen LogP contribution in [0, 0.1) is 5.92 Å². The minimum atomic E-state index is -0.251. The zero-order chi connectivity index (χ0) is 10.8. The number of carbonyl (C=O) groups excluding carboxylic acids is 2. The van der Waals surface area contributed by atoms with Crippen LogP contribution in [0.5, 0.6) is 0 Å². The second-order valence-electron chi connectivity index (χ2n) is 3.65. The molecule has 0 saturated carbocycles. The number of anilines is 1. The van der Waals surface area contributed by atoms with Gasteiger partial charge in [-0.25, -0.2) is 5.01 Å². The largest absolute Gasteiger partial charge is 0.273 e. The van der Waals surface area contributed by atoms with Crippen LogP contribution in [0.1, 0.15) is 13.3 Å². The van der Waals surface area contributed by atoms with Crippen molar-refractivity contribution in [3.05, 3.63) is 30.3 Å². The molecule has 1 heterocycles. The first-order chi connectivity index (χ1) is 7.18. The van der Waals surface area contributed by atoms with Gasteiger partial charge in [-0.05, 0) is 12.1 Å². The van der Waals surface area contributed by atoms with Crippen molar-refractivity contribution in [2.75, 3.05) is 5.01 Å². The fourth-order valence-electron chi connectivity index (χ4n) is 1.58. The van der Waals surface area contributed by atoms with Gasteiger partial charge in [0.05, 0.1) is 5.69 Å². The lowest BCUT2D eigenvalue weighted by molar-refractivity contribution is -0.134. The fraction of sp³-hybridized carbons (Fsp3) is 0.273. The average Bonchev–Trinajstić information content (AvgIpc) is 2.24. The number of carbonyl (C=O) groups is 2. The van der Waals surface area contributed by atoms with Gasteiger partial charge in [0.1, 0.15) is 0 Å². The summed E-state index contributed by atoms with van der Waals surface area (Å²) in [6.07, 6.45) is 0.266. The van der Waals surface area contributed by atoms with E-state index in [0.717, 1.165) is 0 Å². The summed E-state index contributed by atoms with van der Waals surface area (Å²) in [7, 11) is 0. The second kappa shape index (κ2) is 3.73. The van der Waals surface area contributed by atoms with Crippen LogP contribution in [0.2, 0.25) is 0 Å². The zero-order valence-corrected chi connectivity index (χ0v) is 8.43. The molecular weight excluding hydrogens is 192 g/mol. The number of nitrogens with zero attached hydrogens (tertiary/aromatic N) is 1. The molecule has 4 nitrogen and oxygen atoms in total. The number of benzene rings is 1. The Labute approximate surface area is 87.9 Å². The van der Waals surface area contributed by atoms with Crippen molar-refractivity contribution in [2.45, 2.75) is 13.3 Å².